The molecule has 0 fully saturated rings. The van der Waals surface area contributed by atoms with Crippen LogP contribution < -0.4 is 0 Å². The first kappa shape index (κ1) is 37.0. The van der Waals surface area contributed by atoms with Crippen LogP contribution in [0.25, 0.3) is 130 Å². The molecular formula is C76H50O. The molecule has 0 aliphatic carbocycles. The molecule has 0 atom stereocenters. The minimum absolute atomic E-state index is 0.130. The Bertz CT molecular complexity index is 5320. The number of rotatable bonds is 6. The summed E-state index contributed by atoms with van der Waals surface area (Å²) in [5.74, 6) is 0. The van der Waals surface area contributed by atoms with Gasteiger partial charge in [0.15, 0.2) is 0 Å². The van der Waals surface area contributed by atoms with Crippen molar-refractivity contribution < 1.29 is 15.4 Å². The molecule has 16 rings (SSSR count). The SMILES string of the molecule is [2H]c1c([2H])c([2H])c2c(-c3ccccc3)c3c([2H])c([2H])c([2H])c([2H])c3c(Cc3cccc4oc5cc6ccccc6cc5c34)c2c1[2H].c1ccc(Cc2c3ccccc3c(-c3cc4ccc5ccccc5c4c4ccccc34)c3ccccc23)cc1. The maximum atomic E-state index is 9.14. The molecule has 16 aromatic rings. The third kappa shape index (κ3) is 7.54. The van der Waals surface area contributed by atoms with Gasteiger partial charge in [0.1, 0.15) is 11.2 Å². The van der Waals surface area contributed by atoms with Crippen LogP contribution in [-0.2, 0) is 12.8 Å². The summed E-state index contributed by atoms with van der Waals surface area (Å²) >= 11 is 0. The number of benzene rings is 15. The highest BCUT2D eigenvalue weighted by molar-refractivity contribution is 6.27. The van der Waals surface area contributed by atoms with Crippen LogP contribution in [0, 0.1) is 0 Å². The van der Waals surface area contributed by atoms with Gasteiger partial charge in [0.25, 0.3) is 0 Å². The Labute approximate surface area is 457 Å². The van der Waals surface area contributed by atoms with E-state index in [0.29, 0.717) is 27.9 Å². The predicted molar refractivity (Wildman–Crippen MR) is 330 cm³/mol. The Kier molecular flexibility index (Phi) is 8.90. The van der Waals surface area contributed by atoms with Gasteiger partial charge in [0, 0.05) is 10.8 Å². The van der Waals surface area contributed by atoms with Crippen LogP contribution in [-0.4, -0.2) is 0 Å². The lowest BCUT2D eigenvalue weighted by Crippen LogP contribution is -1.96. The molecule has 0 aliphatic rings. The van der Waals surface area contributed by atoms with Crippen molar-refractivity contribution in [1.82, 2.24) is 0 Å². The summed E-state index contributed by atoms with van der Waals surface area (Å²) < 4.78 is 77.2. The monoisotopic (exact) mass is 986 g/mol. The smallest absolute Gasteiger partial charge is 0.136 e. The van der Waals surface area contributed by atoms with Gasteiger partial charge < -0.3 is 4.42 Å². The van der Waals surface area contributed by atoms with E-state index in [9.17, 15) is 0 Å². The summed E-state index contributed by atoms with van der Waals surface area (Å²) in [6, 6.07) is 77.6. The maximum absolute atomic E-state index is 9.14. The molecule has 0 saturated carbocycles. The zero-order valence-corrected chi connectivity index (χ0v) is 41.8. The average Bonchev–Trinajstić information content (AvgIpc) is 4.18. The van der Waals surface area contributed by atoms with Crippen LogP contribution in [0.2, 0.25) is 0 Å². The zero-order valence-electron chi connectivity index (χ0n) is 49.8. The number of furan rings is 1. The first-order valence-electron chi connectivity index (χ1n) is 30.2. The topological polar surface area (TPSA) is 13.1 Å². The van der Waals surface area contributed by atoms with Gasteiger partial charge in [0.2, 0.25) is 0 Å². The van der Waals surface area contributed by atoms with Gasteiger partial charge in [0.05, 0.1) is 11.0 Å². The molecule has 0 spiro atoms. The van der Waals surface area contributed by atoms with E-state index in [4.69, 9.17) is 15.4 Å². The van der Waals surface area contributed by atoms with Crippen molar-refractivity contribution in [3.05, 3.63) is 301 Å². The predicted octanol–water partition coefficient (Wildman–Crippen LogP) is 21.0. The normalized spacial score (nSPS) is 13.2. The fourth-order valence-corrected chi connectivity index (χ4v) is 12.3. The first-order valence-corrected chi connectivity index (χ1v) is 26.2. The molecule has 77 heavy (non-hydrogen) atoms. The Morgan fingerprint density at radius 3 is 1.49 bits per heavy atom. The van der Waals surface area contributed by atoms with Crippen LogP contribution in [0.4, 0.5) is 0 Å². The zero-order chi connectivity index (χ0) is 57.8. The van der Waals surface area contributed by atoms with Gasteiger partial charge >= 0.3 is 0 Å². The minimum Gasteiger partial charge on any atom is -0.456 e. The first-order chi connectivity index (χ1) is 41.5. The van der Waals surface area contributed by atoms with Gasteiger partial charge in [-0.2, -0.15) is 0 Å². The number of hydrogen-bond donors (Lipinski definition) is 0. The Balaban J connectivity index is 0.000000146. The number of fused-ring (bicyclic) bond motifs is 13. The molecule has 0 aliphatic heterocycles. The van der Waals surface area contributed by atoms with Gasteiger partial charge in [-0.05, 0) is 168 Å². The van der Waals surface area contributed by atoms with Crippen molar-refractivity contribution in [2.75, 3.05) is 0 Å². The van der Waals surface area contributed by atoms with Crippen molar-refractivity contribution in [2.45, 2.75) is 12.8 Å². The van der Waals surface area contributed by atoms with Gasteiger partial charge in [-0.15, -0.1) is 0 Å². The van der Waals surface area contributed by atoms with Crippen LogP contribution in [0.15, 0.2) is 283 Å². The molecule has 1 heteroatoms. The summed E-state index contributed by atoms with van der Waals surface area (Å²) in [4.78, 5) is 0. The standard InChI is InChI=1S/C39H26.C37H24O/c1-2-12-26(13-3-1)24-36-30-16-6-10-20-34(30)39(35-21-11-7-17-31(35)36)37-25-28-23-22-27-14-4-5-15-29(27)38(28)33-19-9-8-18-32(33)37;1-2-11-24(12-3-1)36-30-18-8-6-16-28(30)32(29-17-7-9-19-31(29)36)22-27-15-10-20-34-37(27)33-21-25-13-4-5-14-26(25)23-35(33)38-34/h1-23,25H,24H2;1-21,23H,22H2/i;6D,7D,8D,9D,16D,17D,18D,19D. The summed E-state index contributed by atoms with van der Waals surface area (Å²) in [5, 5.41) is 17.8. The highest BCUT2D eigenvalue weighted by atomic mass is 16.3. The van der Waals surface area contributed by atoms with Crippen molar-refractivity contribution in [2.24, 2.45) is 0 Å². The van der Waals surface area contributed by atoms with E-state index >= 15 is 0 Å². The van der Waals surface area contributed by atoms with E-state index in [1.165, 1.54) is 76.1 Å². The lowest BCUT2D eigenvalue weighted by molar-refractivity contribution is 0.669. The van der Waals surface area contributed by atoms with E-state index < -0.39 is 24.2 Å². The van der Waals surface area contributed by atoms with Crippen molar-refractivity contribution in [1.29, 1.82) is 0 Å². The molecule has 360 valence electrons. The fourth-order valence-electron chi connectivity index (χ4n) is 12.3. The van der Waals surface area contributed by atoms with Crippen LogP contribution >= 0.6 is 0 Å². The van der Waals surface area contributed by atoms with Gasteiger partial charge in [-0.3, -0.25) is 0 Å². The van der Waals surface area contributed by atoms with E-state index in [0.717, 1.165) is 33.5 Å². The van der Waals surface area contributed by atoms with Crippen molar-refractivity contribution in [3.8, 4) is 22.3 Å². The van der Waals surface area contributed by atoms with Crippen molar-refractivity contribution >= 4 is 108 Å². The summed E-state index contributed by atoms with van der Waals surface area (Å²) in [7, 11) is 0. The highest BCUT2D eigenvalue weighted by Crippen LogP contribution is 2.46. The Hall–Kier alpha value is -9.82. The maximum Gasteiger partial charge on any atom is 0.136 e. The molecule has 1 aromatic heterocycles. The largest absolute Gasteiger partial charge is 0.456 e. The summed E-state index contributed by atoms with van der Waals surface area (Å²) in [5.41, 5.74) is 8.88. The van der Waals surface area contributed by atoms with E-state index in [1.807, 2.05) is 54.6 Å². The average molecular weight is 987 g/mol. The highest BCUT2D eigenvalue weighted by Gasteiger charge is 2.21. The lowest BCUT2D eigenvalue weighted by atomic mass is 9.83. The lowest BCUT2D eigenvalue weighted by Gasteiger charge is -2.20. The molecule has 1 nitrogen and oxygen atoms in total. The van der Waals surface area contributed by atoms with Gasteiger partial charge in [-0.25, -0.2) is 0 Å². The van der Waals surface area contributed by atoms with Gasteiger partial charge in [-0.1, -0.05) is 255 Å². The molecule has 15 aromatic carbocycles. The molecule has 0 radical (unpaired) electrons. The molecule has 1 heterocycles. The third-order valence-electron chi connectivity index (χ3n) is 15.6. The Morgan fingerprint density at radius 2 is 0.818 bits per heavy atom. The second-order valence-corrected chi connectivity index (χ2v) is 19.9. The summed E-state index contributed by atoms with van der Waals surface area (Å²) in [6.07, 6.45) is 1.04. The second kappa shape index (κ2) is 18.5. The molecule has 0 amide bonds. The van der Waals surface area contributed by atoms with Crippen LogP contribution in [0.3, 0.4) is 0 Å². The quantitative estimate of drug-likeness (QED) is 0.120. The summed E-state index contributed by atoms with van der Waals surface area (Å²) in [6.45, 7) is 0. The van der Waals surface area contributed by atoms with Crippen LogP contribution in [0.1, 0.15) is 33.2 Å². The van der Waals surface area contributed by atoms with E-state index in [2.05, 4.69) is 152 Å². The molecule has 0 bridgehead atoms. The number of hydrogen-bond acceptors (Lipinski definition) is 1. The van der Waals surface area contributed by atoms with E-state index in [1.54, 1.807) is 24.3 Å². The third-order valence-corrected chi connectivity index (χ3v) is 15.6. The second-order valence-electron chi connectivity index (χ2n) is 19.9. The van der Waals surface area contributed by atoms with E-state index in [-0.39, 0.29) is 52.1 Å². The van der Waals surface area contributed by atoms with Crippen LogP contribution in [0.5, 0.6) is 0 Å². The molecule has 0 N–H and O–H groups in total. The Morgan fingerprint density at radius 1 is 0.299 bits per heavy atom. The fraction of sp³-hybridized carbons (Fsp3) is 0.0263. The molecule has 0 saturated heterocycles. The molecule has 0 unspecified atom stereocenters. The minimum atomic E-state index is -0.407. The molecular weight excluding hydrogens is 929 g/mol. The van der Waals surface area contributed by atoms with Crippen molar-refractivity contribution in [3.63, 3.8) is 0 Å².